The SMILES string of the molecule is COc1ccc(OC)c(C(C)NC(=O)c2cn[nH]c2-c2ccc(Cl)cc2)c1. The molecule has 3 rings (SSSR count). The second-order valence-electron chi connectivity index (χ2n) is 5.97. The van der Waals surface area contributed by atoms with Crippen molar-refractivity contribution in [2.24, 2.45) is 0 Å². The van der Waals surface area contributed by atoms with Crippen LogP contribution in [0.2, 0.25) is 5.02 Å². The molecule has 27 heavy (non-hydrogen) atoms. The van der Waals surface area contributed by atoms with Gasteiger partial charge in [0, 0.05) is 16.1 Å². The maximum atomic E-state index is 12.8. The summed E-state index contributed by atoms with van der Waals surface area (Å²) >= 11 is 5.94. The molecule has 3 aromatic rings. The van der Waals surface area contributed by atoms with Gasteiger partial charge in [0.1, 0.15) is 11.5 Å². The number of hydrogen-bond donors (Lipinski definition) is 2. The number of benzene rings is 2. The minimum Gasteiger partial charge on any atom is -0.497 e. The van der Waals surface area contributed by atoms with Crippen molar-refractivity contribution in [3.63, 3.8) is 0 Å². The molecule has 6 nitrogen and oxygen atoms in total. The second-order valence-corrected chi connectivity index (χ2v) is 6.41. The molecule has 2 N–H and O–H groups in total. The molecule has 1 atom stereocenters. The van der Waals surface area contributed by atoms with Gasteiger partial charge in [-0.2, -0.15) is 5.10 Å². The van der Waals surface area contributed by atoms with Gasteiger partial charge in [-0.15, -0.1) is 0 Å². The Bertz CT molecular complexity index is 938. The van der Waals surface area contributed by atoms with Crippen molar-refractivity contribution in [1.82, 2.24) is 15.5 Å². The lowest BCUT2D eigenvalue weighted by Gasteiger charge is -2.18. The highest BCUT2D eigenvalue weighted by Crippen LogP contribution is 2.30. The molecule has 1 unspecified atom stereocenters. The third kappa shape index (κ3) is 4.06. The smallest absolute Gasteiger partial charge is 0.255 e. The first-order valence-electron chi connectivity index (χ1n) is 8.35. The Hall–Kier alpha value is -2.99. The molecule has 0 fully saturated rings. The first-order valence-corrected chi connectivity index (χ1v) is 8.73. The number of rotatable bonds is 6. The zero-order valence-corrected chi connectivity index (χ0v) is 16.0. The number of halogens is 1. The summed E-state index contributed by atoms with van der Waals surface area (Å²) < 4.78 is 10.7. The summed E-state index contributed by atoms with van der Waals surface area (Å²) in [4.78, 5) is 12.8. The molecule has 7 heteroatoms. The molecule has 1 amide bonds. The fourth-order valence-electron chi connectivity index (χ4n) is 2.82. The van der Waals surface area contributed by atoms with Crippen LogP contribution in [0, 0.1) is 0 Å². The molecule has 1 heterocycles. The predicted octanol–water partition coefficient (Wildman–Crippen LogP) is 4.24. The van der Waals surface area contributed by atoms with Gasteiger partial charge in [-0.25, -0.2) is 0 Å². The van der Waals surface area contributed by atoms with Crippen LogP contribution in [0.25, 0.3) is 11.3 Å². The van der Waals surface area contributed by atoms with Crippen molar-refractivity contribution in [1.29, 1.82) is 0 Å². The Morgan fingerprint density at radius 2 is 1.89 bits per heavy atom. The van der Waals surface area contributed by atoms with E-state index in [1.165, 1.54) is 6.20 Å². The molecule has 1 aromatic heterocycles. The maximum Gasteiger partial charge on any atom is 0.255 e. The lowest BCUT2D eigenvalue weighted by Crippen LogP contribution is -2.27. The lowest BCUT2D eigenvalue weighted by molar-refractivity contribution is 0.0940. The van der Waals surface area contributed by atoms with Crippen LogP contribution in [-0.2, 0) is 0 Å². The van der Waals surface area contributed by atoms with Crippen molar-refractivity contribution < 1.29 is 14.3 Å². The highest BCUT2D eigenvalue weighted by molar-refractivity contribution is 6.30. The number of methoxy groups -OCH3 is 2. The van der Waals surface area contributed by atoms with E-state index < -0.39 is 0 Å². The quantitative estimate of drug-likeness (QED) is 0.665. The molecule has 2 aromatic carbocycles. The Morgan fingerprint density at radius 3 is 2.56 bits per heavy atom. The van der Waals surface area contributed by atoms with E-state index in [4.69, 9.17) is 21.1 Å². The summed E-state index contributed by atoms with van der Waals surface area (Å²) in [5, 5.41) is 10.5. The minimum atomic E-state index is -0.296. The van der Waals surface area contributed by atoms with Crippen molar-refractivity contribution >= 4 is 17.5 Å². The molecule has 0 radical (unpaired) electrons. The van der Waals surface area contributed by atoms with Crippen LogP contribution in [0.4, 0.5) is 0 Å². The molecular formula is C20H20ClN3O3. The van der Waals surface area contributed by atoms with Crippen LogP contribution < -0.4 is 14.8 Å². The highest BCUT2D eigenvalue weighted by Gasteiger charge is 2.20. The fraction of sp³-hybridized carbons (Fsp3) is 0.200. The number of carbonyl (C=O) groups excluding carboxylic acids is 1. The number of carbonyl (C=O) groups is 1. The molecule has 0 bridgehead atoms. The van der Waals surface area contributed by atoms with Crippen LogP contribution in [0.1, 0.15) is 28.9 Å². The van der Waals surface area contributed by atoms with E-state index in [2.05, 4.69) is 15.5 Å². The molecule has 140 valence electrons. The molecule has 0 spiro atoms. The Balaban J connectivity index is 1.84. The number of hydrogen-bond acceptors (Lipinski definition) is 4. The van der Waals surface area contributed by atoms with E-state index in [1.807, 2.05) is 37.3 Å². The van der Waals surface area contributed by atoms with Crippen molar-refractivity contribution in [3.05, 3.63) is 64.8 Å². The zero-order valence-electron chi connectivity index (χ0n) is 15.2. The van der Waals surface area contributed by atoms with E-state index in [-0.39, 0.29) is 11.9 Å². The number of nitrogens with one attached hydrogen (secondary N) is 2. The van der Waals surface area contributed by atoms with E-state index in [0.29, 0.717) is 27.8 Å². The third-order valence-electron chi connectivity index (χ3n) is 4.27. The average molecular weight is 386 g/mol. The van der Waals surface area contributed by atoms with Gasteiger partial charge in [-0.3, -0.25) is 9.89 Å². The fourth-order valence-corrected chi connectivity index (χ4v) is 2.95. The van der Waals surface area contributed by atoms with Gasteiger partial charge < -0.3 is 14.8 Å². The van der Waals surface area contributed by atoms with Crippen molar-refractivity contribution in [3.8, 4) is 22.8 Å². The van der Waals surface area contributed by atoms with Crippen molar-refractivity contribution in [2.45, 2.75) is 13.0 Å². The summed E-state index contributed by atoms with van der Waals surface area (Å²) in [6, 6.07) is 12.4. The molecule has 0 aliphatic rings. The van der Waals surface area contributed by atoms with Gasteiger partial charge in [0.25, 0.3) is 5.91 Å². The van der Waals surface area contributed by atoms with Gasteiger partial charge in [0.2, 0.25) is 0 Å². The number of nitrogens with zero attached hydrogens (tertiary/aromatic N) is 1. The Labute approximate surface area is 162 Å². The number of aromatic nitrogens is 2. The standard InChI is InChI=1S/C20H20ClN3O3/c1-12(16-10-15(26-2)8-9-18(16)27-3)23-20(25)17-11-22-24-19(17)13-4-6-14(21)7-5-13/h4-12H,1-3H3,(H,22,24)(H,23,25). The summed E-state index contributed by atoms with van der Waals surface area (Å²) in [6.45, 7) is 1.89. The summed E-state index contributed by atoms with van der Waals surface area (Å²) in [5.41, 5.74) is 2.73. The predicted molar refractivity (Wildman–Crippen MR) is 104 cm³/mol. The van der Waals surface area contributed by atoms with Gasteiger partial charge in [0.05, 0.1) is 37.7 Å². The molecule has 0 saturated heterocycles. The van der Waals surface area contributed by atoms with E-state index >= 15 is 0 Å². The second kappa shape index (κ2) is 8.14. The summed E-state index contributed by atoms with van der Waals surface area (Å²) in [5.74, 6) is 1.12. The van der Waals surface area contributed by atoms with E-state index in [1.54, 1.807) is 26.4 Å². The monoisotopic (exact) mass is 385 g/mol. The number of ether oxygens (including phenoxy) is 2. The number of amides is 1. The van der Waals surface area contributed by atoms with Crippen LogP contribution in [-0.4, -0.2) is 30.3 Å². The minimum absolute atomic E-state index is 0.244. The normalized spacial score (nSPS) is 11.7. The first-order chi connectivity index (χ1) is 13.0. The van der Waals surface area contributed by atoms with E-state index in [9.17, 15) is 4.79 Å². The number of H-pyrrole nitrogens is 1. The average Bonchev–Trinajstić information content (AvgIpc) is 3.18. The topological polar surface area (TPSA) is 76.2 Å². The molecule has 0 saturated carbocycles. The number of aromatic amines is 1. The Kier molecular flexibility index (Phi) is 5.66. The summed E-state index contributed by atoms with van der Waals surface area (Å²) in [6.07, 6.45) is 1.51. The van der Waals surface area contributed by atoms with Gasteiger partial charge in [-0.1, -0.05) is 23.7 Å². The zero-order chi connectivity index (χ0) is 19.4. The highest BCUT2D eigenvalue weighted by atomic mass is 35.5. The van der Waals surface area contributed by atoms with Crippen LogP contribution in [0.15, 0.2) is 48.7 Å². The molecule has 0 aliphatic heterocycles. The van der Waals surface area contributed by atoms with Gasteiger partial charge in [0.15, 0.2) is 0 Å². The van der Waals surface area contributed by atoms with Crippen LogP contribution >= 0.6 is 11.6 Å². The lowest BCUT2D eigenvalue weighted by atomic mass is 10.0. The maximum absolute atomic E-state index is 12.8. The molecule has 0 aliphatic carbocycles. The van der Waals surface area contributed by atoms with Crippen LogP contribution in [0.3, 0.4) is 0 Å². The molecular weight excluding hydrogens is 366 g/mol. The van der Waals surface area contributed by atoms with E-state index in [0.717, 1.165) is 11.1 Å². The first kappa shape index (κ1) is 18.8. The third-order valence-corrected chi connectivity index (χ3v) is 4.52. The van der Waals surface area contributed by atoms with Crippen LogP contribution in [0.5, 0.6) is 11.5 Å². The summed E-state index contributed by atoms with van der Waals surface area (Å²) in [7, 11) is 3.19. The van der Waals surface area contributed by atoms with Gasteiger partial charge >= 0.3 is 0 Å². The Morgan fingerprint density at radius 1 is 1.15 bits per heavy atom. The van der Waals surface area contributed by atoms with Gasteiger partial charge in [-0.05, 0) is 37.3 Å². The van der Waals surface area contributed by atoms with Crippen molar-refractivity contribution in [2.75, 3.05) is 14.2 Å². The largest absolute Gasteiger partial charge is 0.497 e.